The summed E-state index contributed by atoms with van der Waals surface area (Å²) in [5, 5.41) is 3.26. The number of nitrogens with one attached hydrogen (secondary N) is 1. The van der Waals surface area contributed by atoms with Gasteiger partial charge in [-0.25, -0.2) is 9.97 Å². The van der Waals surface area contributed by atoms with E-state index in [1.54, 1.807) is 12.4 Å². The van der Waals surface area contributed by atoms with Crippen LogP contribution in [-0.4, -0.2) is 53.8 Å². The van der Waals surface area contributed by atoms with Gasteiger partial charge in [-0.1, -0.05) is 0 Å². The molecule has 5 nitrogen and oxygen atoms in total. The molecule has 2 unspecified atom stereocenters. The Morgan fingerprint density at radius 3 is 2.88 bits per heavy atom. The van der Waals surface area contributed by atoms with E-state index in [1.165, 1.54) is 0 Å². The van der Waals surface area contributed by atoms with Gasteiger partial charge in [0.2, 0.25) is 5.95 Å². The number of hydrogen-bond donors (Lipinski definition) is 1. The number of aromatic nitrogens is 2. The van der Waals surface area contributed by atoms with Gasteiger partial charge in [0.05, 0.1) is 23.2 Å². The zero-order valence-corrected chi connectivity index (χ0v) is 11.6. The summed E-state index contributed by atoms with van der Waals surface area (Å²) < 4.78 is 6.62. The van der Waals surface area contributed by atoms with E-state index in [2.05, 4.69) is 50.1 Å². The Hall–Kier alpha value is -0.720. The highest BCUT2D eigenvalue weighted by Gasteiger charge is 2.23. The minimum Gasteiger partial charge on any atom is -0.373 e. The number of morpholine rings is 1. The van der Waals surface area contributed by atoms with Crippen LogP contribution in [0.5, 0.6) is 0 Å². The van der Waals surface area contributed by atoms with Crippen molar-refractivity contribution in [3.8, 4) is 0 Å². The minimum absolute atomic E-state index is 0.181. The van der Waals surface area contributed by atoms with Crippen LogP contribution in [0, 0.1) is 0 Å². The highest BCUT2D eigenvalue weighted by atomic mass is 79.9. The van der Waals surface area contributed by atoms with Crippen LogP contribution in [0.2, 0.25) is 0 Å². The fraction of sp³-hybridized carbons (Fsp3) is 0.636. The summed E-state index contributed by atoms with van der Waals surface area (Å²) in [7, 11) is 2.11. The number of anilines is 1. The van der Waals surface area contributed by atoms with Crippen molar-refractivity contribution in [3.63, 3.8) is 0 Å². The molecule has 1 fully saturated rings. The molecule has 1 N–H and O–H groups in total. The second-order valence-electron chi connectivity index (χ2n) is 4.33. The number of nitrogens with zero attached hydrogens (tertiary/aromatic N) is 3. The Bertz CT molecular complexity index is 359. The average Bonchev–Trinajstić information content (AvgIpc) is 2.32. The molecule has 2 heterocycles. The van der Waals surface area contributed by atoms with Gasteiger partial charge < -0.3 is 15.0 Å². The third-order valence-electron chi connectivity index (χ3n) is 2.83. The van der Waals surface area contributed by atoms with E-state index in [0.29, 0.717) is 5.95 Å². The molecule has 0 aliphatic carbocycles. The Labute approximate surface area is 110 Å². The van der Waals surface area contributed by atoms with Crippen LogP contribution in [0.25, 0.3) is 0 Å². The maximum Gasteiger partial charge on any atom is 0.222 e. The van der Waals surface area contributed by atoms with E-state index in [9.17, 15) is 0 Å². The summed E-state index contributed by atoms with van der Waals surface area (Å²) >= 11 is 3.31. The average molecular weight is 301 g/mol. The lowest BCUT2D eigenvalue weighted by Crippen LogP contribution is -2.47. The third kappa shape index (κ3) is 3.62. The summed E-state index contributed by atoms with van der Waals surface area (Å²) in [5.41, 5.74) is 0. The van der Waals surface area contributed by atoms with Crippen LogP contribution in [0.15, 0.2) is 16.9 Å². The van der Waals surface area contributed by atoms with Crippen molar-refractivity contribution in [1.29, 1.82) is 0 Å². The van der Waals surface area contributed by atoms with Crippen molar-refractivity contribution in [2.75, 3.05) is 32.1 Å². The second-order valence-corrected chi connectivity index (χ2v) is 5.25. The summed E-state index contributed by atoms with van der Waals surface area (Å²) in [4.78, 5) is 10.7. The first-order valence-corrected chi connectivity index (χ1v) is 6.48. The van der Waals surface area contributed by atoms with Crippen LogP contribution in [0.4, 0.5) is 5.95 Å². The Morgan fingerprint density at radius 2 is 2.24 bits per heavy atom. The molecule has 1 saturated heterocycles. The Kier molecular flexibility index (Phi) is 4.31. The smallest absolute Gasteiger partial charge is 0.222 e. The first-order chi connectivity index (χ1) is 8.15. The van der Waals surface area contributed by atoms with Crippen LogP contribution in [0.3, 0.4) is 0 Å². The van der Waals surface area contributed by atoms with Crippen molar-refractivity contribution in [2.24, 2.45) is 0 Å². The molecule has 0 saturated carbocycles. The maximum atomic E-state index is 5.74. The fourth-order valence-electron chi connectivity index (χ4n) is 1.80. The molecule has 6 heteroatoms. The van der Waals surface area contributed by atoms with Gasteiger partial charge in [-0.3, -0.25) is 0 Å². The van der Waals surface area contributed by atoms with Crippen molar-refractivity contribution < 1.29 is 4.74 Å². The summed E-state index contributed by atoms with van der Waals surface area (Å²) in [5.74, 6) is 0.637. The van der Waals surface area contributed by atoms with Crippen molar-refractivity contribution in [3.05, 3.63) is 16.9 Å². The van der Waals surface area contributed by atoms with Gasteiger partial charge in [0, 0.05) is 25.5 Å². The lowest BCUT2D eigenvalue weighted by molar-refractivity contribution is -0.0260. The van der Waals surface area contributed by atoms with Crippen molar-refractivity contribution >= 4 is 21.9 Å². The third-order valence-corrected chi connectivity index (χ3v) is 3.24. The van der Waals surface area contributed by atoms with E-state index in [-0.39, 0.29) is 12.1 Å². The molecule has 0 bridgehead atoms. The highest BCUT2D eigenvalue weighted by molar-refractivity contribution is 9.10. The molecular weight excluding hydrogens is 284 g/mol. The van der Waals surface area contributed by atoms with E-state index >= 15 is 0 Å². The Morgan fingerprint density at radius 1 is 1.53 bits per heavy atom. The SMILES string of the molecule is CC(Nc1ncc(Br)cn1)C1CN(C)CCO1. The van der Waals surface area contributed by atoms with Gasteiger partial charge in [0.1, 0.15) is 0 Å². The number of halogens is 1. The Balaban J connectivity index is 1.91. The van der Waals surface area contributed by atoms with Crippen LogP contribution in [0.1, 0.15) is 6.92 Å². The molecule has 2 rings (SSSR count). The zero-order chi connectivity index (χ0) is 12.3. The molecule has 1 aromatic heterocycles. The summed E-state index contributed by atoms with van der Waals surface area (Å²) in [6.45, 7) is 4.81. The summed E-state index contributed by atoms with van der Waals surface area (Å²) in [6.07, 6.45) is 3.65. The number of likely N-dealkylation sites (N-methyl/N-ethyl adjacent to an activating group) is 1. The zero-order valence-electron chi connectivity index (χ0n) is 10.1. The lowest BCUT2D eigenvalue weighted by Gasteiger charge is -2.33. The number of ether oxygens (including phenoxy) is 1. The van der Waals surface area contributed by atoms with Crippen LogP contribution < -0.4 is 5.32 Å². The van der Waals surface area contributed by atoms with Crippen molar-refractivity contribution in [2.45, 2.75) is 19.1 Å². The predicted molar refractivity (Wildman–Crippen MR) is 70.1 cm³/mol. The predicted octanol–water partition coefficient (Wildman–Crippen LogP) is 1.37. The molecular formula is C11H17BrN4O. The van der Waals surface area contributed by atoms with Gasteiger partial charge in [0.25, 0.3) is 0 Å². The van der Waals surface area contributed by atoms with Crippen LogP contribution >= 0.6 is 15.9 Å². The molecule has 0 radical (unpaired) electrons. The molecule has 0 amide bonds. The number of hydrogen-bond acceptors (Lipinski definition) is 5. The number of rotatable bonds is 3. The van der Waals surface area contributed by atoms with Gasteiger partial charge in [-0.15, -0.1) is 0 Å². The second kappa shape index (κ2) is 5.75. The molecule has 94 valence electrons. The topological polar surface area (TPSA) is 50.3 Å². The quantitative estimate of drug-likeness (QED) is 0.914. The first kappa shape index (κ1) is 12.7. The molecule has 2 atom stereocenters. The molecule has 17 heavy (non-hydrogen) atoms. The maximum absolute atomic E-state index is 5.74. The van der Waals surface area contributed by atoms with E-state index in [1.807, 2.05) is 0 Å². The highest BCUT2D eigenvalue weighted by Crippen LogP contribution is 2.12. The molecule has 1 aliphatic heterocycles. The molecule has 0 aromatic carbocycles. The standard InChI is InChI=1S/C11H17BrN4O/c1-8(10-7-16(2)3-4-17-10)15-11-13-5-9(12)6-14-11/h5-6,8,10H,3-4,7H2,1-2H3,(H,13,14,15). The van der Waals surface area contributed by atoms with Gasteiger partial charge >= 0.3 is 0 Å². The van der Waals surface area contributed by atoms with Gasteiger partial charge in [-0.05, 0) is 29.9 Å². The van der Waals surface area contributed by atoms with E-state index in [0.717, 1.165) is 24.2 Å². The van der Waals surface area contributed by atoms with E-state index < -0.39 is 0 Å². The van der Waals surface area contributed by atoms with Crippen LogP contribution in [-0.2, 0) is 4.74 Å². The molecule has 1 aromatic rings. The fourth-order valence-corrected chi connectivity index (χ4v) is 2.00. The first-order valence-electron chi connectivity index (χ1n) is 5.69. The van der Waals surface area contributed by atoms with Gasteiger partial charge in [-0.2, -0.15) is 0 Å². The summed E-state index contributed by atoms with van der Waals surface area (Å²) in [6, 6.07) is 0.193. The molecule has 1 aliphatic rings. The van der Waals surface area contributed by atoms with Gasteiger partial charge in [0.15, 0.2) is 0 Å². The largest absolute Gasteiger partial charge is 0.373 e. The lowest BCUT2D eigenvalue weighted by atomic mass is 10.1. The van der Waals surface area contributed by atoms with E-state index in [4.69, 9.17) is 4.74 Å². The minimum atomic E-state index is 0.181. The normalized spacial score (nSPS) is 23.4. The molecule has 0 spiro atoms. The van der Waals surface area contributed by atoms with Crippen molar-refractivity contribution in [1.82, 2.24) is 14.9 Å². The monoisotopic (exact) mass is 300 g/mol.